The molecule has 1 N–H and O–H groups in total. The molecular weight excluding hydrogens is 306 g/mol. The van der Waals surface area contributed by atoms with Crippen molar-refractivity contribution in [3.05, 3.63) is 59.1 Å². The van der Waals surface area contributed by atoms with Crippen LogP contribution in [-0.2, 0) is 4.74 Å². The summed E-state index contributed by atoms with van der Waals surface area (Å²) in [6, 6.07) is 12.9. The standard InChI is InChI=1S/C16H14ClNO4/c1-2-21-16(20)18-13-5-3-4-6-14(13)22-15(19)11-7-9-12(17)10-8-11/h3-10H,2H2,1H3,(H,18,20). The van der Waals surface area contributed by atoms with E-state index in [0.717, 1.165) is 0 Å². The van der Waals surface area contributed by atoms with E-state index in [1.807, 2.05) is 0 Å². The Hall–Kier alpha value is -2.53. The van der Waals surface area contributed by atoms with Crippen molar-refractivity contribution in [1.82, 2.24) is 0 Å². The van der Waals surface area contributed by atoms with Crippen LogP contribution in [0.1, 0.15) is 17.3 Å². The zero-order valence-electron chi connectivity index (χ0n) is 11.8. The quantitative estimate of drug-likeness (QED) is 0.680. The molecule has 114 valence electrons. The van der Waals surface area contributed by atoms with Crippen molar-refractivity contribution in [2.45, 2.75) is 6.92 Å². The van der Waals surface area contributed by atoms with Crippen LogP contribution in [0, 0.1) is 0 Å². The van der Waals surface area contributed by atoms with Crippen LogP contribution in [0.5, 0.6) is 5.75 Å². The Bertz CT molecular complexity index is 670. The van der Waals surface area contributed by atoms with Crippen LogP contribution in [0.2, 0.25) is 5.02 Å². The Morgan fingerprint density at radius 3 is 2.45 bits per heavy atom. The number of ether oxygens (including phenoxy) is 2. The Morgan fingerprint density at radius 2 is 1.77 bits per heavy atom. The fourth-order valence-electron chi connectivity index (χ4n) is 1.68. The molecule has 0 radical (unpaired) electrons. The number of esters is 1. The Morgan fingerprint density at radius 1 is 1.09 bits per heavy atom. The molecule has 6 heteroatoms. The summed E-state index contributed by atoms with van der Waals surface area (Å²) >= 11 is 5.78. The van der Waals surface area contributed by atoms with Crippen molar-refractivity contribution in [3.8, 4) is 5.75 Å². The molecule has 0 aromatic heterocycles. The van der Waals surface area contributed by atoms with Crippen molar-refractivity contribution in [2.24, 2.45) is 0 Å². The summed E-state index contributed by atoms with van der Waals surface area (Å²) < 4.78 is 10.1. The summed E-state index contributed by atoms with van der Waals surface area (Å²) in [4.78, 5) is 23.5. The van der Waals surface area contributed by atoms with Crippen LogP contribution in [0.25, 0.3) is 0 Å². The van der Waals surface area contributed by atoms with Crippen LogP contribution in [0.15, 0.2) is 48.5 Å². The maximum atomic E-state index is 12.1. The van der Waals surface area contributed by atoms with Gasteiger partial charge in [-0.25, -0.2) is 9.59 Å². The summed E-state index contributed by atoms with van der Waals surface area (Å²) in [6.07, 6.45) is -0.613. The lowest BCUT2D eigenvalue weighted by atomic mass is 10.2. The second kappa shape index (κ2) is 7.47. The Labute approximate surface area is 132 Å². The first-order valence-corrected chi connectivity index (χ1v) is 6.98. The number of benzene rings is 2. The first kappa shape index (κ1) is 15.9. The molecule has 2 rings (SSSR count). The second-order valence-corrected chi connectivity index (χ2v) is 4.67. The molecule has 5 nitrogen and oxygen atoms in total. The monoisotopic (exact) mass is 319 g/mol. The van der Waals surface area contributed by atoms with Gasteiger partial charge in [0.05, 0.1) is 17.9 Å². The van der Waals surface area contributed by atoms with Gasteiger partial charge in [-0.2, -0.15) is 0 Å². The largest absolute Gasteiger partial charge is 0.450 e. The highest BCUT2D eigenvalue weighted by atomic mass is 35.5. The number of hydrogen-bond donors (Lipinski definition) is 1. The summed E-state index contributed by atoms with van der Waals surface area (Å²) in [7, 11) is 0. The summed E-state index contributed by atoms with van der Waals surface area (Å²) in [6.45, 7) is 1.95. The maximum Gasteiger partial charge on any atom is 0.411 e. The Kier molecular flexibility index (Phi) is 5.38. The molecule has 2 aromatic carbocycles. The highest BCUT2D eigenvalue weighted by molar-refractivity contribution is 6.30. The number of halogens is 1. The number of para-hydroxylation sites is 2. The van der Waals surface area contributed by atoms with Gasteiger partial charge in [-0.05, 0) is 43.3 Å². The lowest BCUT2D eigenvalue weighted by Crippen LogP contribution is -2.15. The van der Waals surface area contributed by atoms with Gasteiger partial charge in [0.15, 0.2) is 5.75 Å². The van der Waals surface area contributed by atoms with E-state index in [4.69, 9.17) is 21.1 Å². The van der Waals surface area contributed by atoms with Gasteiger partial charge in [0.25, 0.3) is 0 Å². The molecule has 0 aliphatic rings. The minimum atomic E-state index is -0.613. The van der Waals surface area contributed by atoms with Gasteiger partial charge in [-0.1, -0.05) is 23.7 Å². The minimum Gasteiger partial charge on any atom is -0.450 e. The second-order valence-electron chi connectivity index (χ2n) is 4.24. The number of amides is 1. The highest BCUT2D eigenvalue weighted by Gasteiger charge is 2.13. The number of rotatable bonds is 4. The number of carbonyl (C=O) groups is 2. The molecular formula is C16H14ClNO4. The molecule has 0 aliphatic carbocycles. The van der Waals surface area contributed by atoms with Crippen molar-refractivity contribution in [3.63, 3.8) is 0 Å². The van der Waals surface area contributed by atoms with Crippen molar-refractivity contribution >= 4 is 29.4 Å². The topological polar surface area (TPSA) is 64.6 Å². The van der Waals surface area contributed by atoms with Crippen LogP contribution in [0.3, 0.4) is 0 Å². The first-order chi connectivity index (χ1) is 10.6. The lowest BCUT2D eigenvalue weighted by Gasteiger charge is -2.11. The predicted octanol–water partition coefficient (Wildman–Crippen LogP) is 4.13. The molecule has 0 saturated heterocycles. The third-order valence-corrected chi connectivity index (χ3v) is 2.93. The molecule has 0 saturated carbocycles. The molecule has 1 amide bonds. The van der Waals surface area contributed by atoms with E-state index in [9.17, 15) is 9.59 Å². The van der Waals surface area contributed by atoms with Gasteiger partial charge in [0.2, 0.25) is 0 Å². The fourth-order valence-corrected chi connectivity index (χ4v) is 1.81. The van der Waals surface area contributed by atoms with Crippen molar-refractivity contribution in [1.29, 1.82) is 0 Å². The maximum absolute atomic E-state index is 12.1. The zero-order chi connectivity index (χ0) is 15.9. The number of nitrogens with one attached hydrogen (secondary N) is 1. The smallest absolute Gasteiger partial charge is 0.411 e. The average Bonchev–Trinajstić information content (AvgIpc) is 2.50. The van der Waals surface area contributed by atoms with E-state index in [1.54, 1.807) is 55.5 Å². The van der Waals surface area contributed by atoms with Crippen LogP contribution < -0.4 is 10.1 Å². The molecule has 0 unspecified atom stereocenters. The number of anilines is 1. The van der Waals surface area contributed by atoms with Gasteiger partial charge < -0.3 is 9.47 Å². The molecule has 0 spiro atoms. The molecule has 22 heavy (non-hydrogen) atoms. The van der Waals surface area contributed by atoms with Gasteiger partial charge in [-0.15, -0.1) is 0 Å². The molecule has 2 aromatic rings. The number of carbonyl (C=O) groups excluding carboxylic acids is 2. The van der Waals surface area contributed by atoms with E-state index in [2.05, 4.69) is 5.32 Å². The van der Waals surface area contributed by atoms with Gasteiger partial charge in [0, 0.05) is 5.02 Å². The SMILES string of the molecule is CCOC(=O)Nc1ccccc1OC(=O)c1ccc(Cl)cc1. The third-order valence-electron chi connectivity index (χ3n) is 2.68. The van der Waals surface area contributed by atoms with Crippen LogP contribution >= 0.6 is 11.6 Å². The van der Waals surface area contributed by atoms with Gasteiger partial charge in [-0.3, -0.25) is 5.32 Å². The zero-order valence-corrected chi connectivity index (χ0v) is 12.6. The molecule has 0 fully saturated rings. The van der Waals surface area contributed by atoms with Crippen LogP contribution in [0.4, 0.5) is 10.5 Å². The summed E-state index contributed by atoms with van der Waals surface area (Å²) in [5, 5.41) is 3.05. The van der Waals surface area contributed by atoms with E-state index in [0.29, 0.717) is 16.3 Å². The Balaban J connectivity index is 2.13. The lowest BCUT2D eigenvalue weighted by molar-refractivity contribution is 0.0735. The highest BCUT2D eigenvalue weighted by Crippen LogP contribution is 2.25. The first-order valence-electron chi connectivity index (χ1n) is 6.60. The van der Waals surface area contributed by atoms with Crippen molar-refractivity contribution in [2.75, 3.05) is 11.9 Å². The van der Waals surface area contributed by atoms with E-state index in [1.165, 1.54) is 0 Å². The van der Waals surface area contributed by atoms with E-state index >= 15 is 0 Å². The van der Waals surface area contributed by atoms with E-state index < -0.39 is 12.1 Å². The summed E-state index contributed by atoms with van der Waals surface area (Å²) in [5.74, 6) is -0.315. The molecule has 0 heterocycles. The predicted molar refractivity (Wildman–Crippen MR) is 83.5 cm³/mol. The third kappa shape index (κ3) is 4.23. The molecule has 0 bridgehead atoms. The van der Waals surface area contributed by atoms with Gasteiger partial charge >= 0.3 is 12.1 Å². The van der Waals surface area contributed by atoms with Gasteiger partial charge in [0.1, 0.15) is 0 Å². The normalized spacial score (nSPS) is 9.91. The molecule has 0 atom stereocenters. The summed E-state index contributed by atoms with van der Waals surface area (Å²) in [5.41, 5.74) is 0.707. The fraction of sp³-hybridized carbons (Fsp3) is 0.125. The van der Waals surface area contributed by atoms with E-state index in [-0.39, 0.29) is 12.4 Å². The average molecular weight is 320 g/mol. The minimum absolute atomic E-state index is 0.232. The molecule has 0 aliphatic heterocycles. The number of hydrogen-bond acceptors (Lipinski definition) is 4. The van der Waals surface area contributed by atoms with Crippen molar-refractivity contribution < 1.29 is 19.1 Å². The van der Waals surface area contributed by atoms with Crippen LogP contribution in [-0.4, -0.2) is 18.7 Å².